The van der Waals surface area contributed by atoms with Crippen LogP contribution in [0.3, 0.4) is 0 Å². The molecule has 20 heavy (non-hydrogen) atoms. The molecule has 0 unspecified atom stereocenters. The number of rotatable bonds is 2. The molecule has 0 bridgehead atoms. The van der Waals surface area contributed by atoms with Crippen molar-refractivity contribution in [3.05, 3.63) is 23.9 Å². The summed E-state index contributed by atoms with van der Waals surface area (Å²) in [5.41, 5.74) is 5.90. The molecule has 0 aromatic carbocycles. The number of nitrogens with two attached hydrogens (primary N) is 1. The van der Waals surface area contributed by atoms with Crippen molar-refractivity contribution in [1.82, 2.24) is 4.98 Å². The quantitative estimate of drug-likeness (QED) is 0.811. The number of hydrogen-bond donors (Lipinski definition) is 2. The molecule has 1 saturated carbocycles. The van der Waals surface area contributed by atoms with Crippen LogP contribution in [0.4, 0.5) is 5.82 Å². The summed E-state index contributed by atoms with van der Waals surface area (Å²) in [4.78, 5) is 16.6. The van der Waals surface area contributed by atoms with Gasteiger partial charge in [-0.3, -0.25) is 4.79 Å². The van der Waals surface area contributed by atoms with Crippen molar-refractivity contribution in [2.45, 2.75) is 39.0 Å². The Kier molecular flexibility index (Phi) is 4.75. The van der Waals surface area contributed by atoms with Crippen LogP contribution in [-0.2, 0) is 4.79 Å². The molecule has 3 N–H and O–H groups in total. The van der Waals surface area contributed by atoms with Gasteiger partial charge in [0.1, 0.15) is 5.82 Å². The molecular formula is C16H21N3O. The predicted molar refractivity (Wildman–Crippen MR) is 80.0 cm³/mol. The first-order chi connectivity index (χ1) is 9.64. The van der Waals surface area contributed by atoms with Gasteiger partial charge in [-0.05, 0) is 25.0 Å². The van der Waals surface area contributed by atoms with E-state index >= 15 is 0 Å². The van der Waals surface area contributed by atoms with Crippen LogP contribution in [0.5, 0.6) is 0 Å². The third-order valence-electron chi connectivity index (χ3n) is 3.84. The SMILES string of the molecule is CC1(C(=O)Nc2cc(C#CCN)ccn2)CCCCC1. The summed E-state index contributed by atoms with van der Waals surface area (Å²) in [5.74, 6) is 6.36. The minimum absolute atomic E-state index is 0.0636. The second-order valence-corrected chi connectivity index (χ2v) is 5.51. The molecule has 1 aliphatic rings. The zero-order valence-electron chi connectivity index (χ0n) is 11.9. The standard InChI is InChI=1S/C16H21N3O/c1-16(8-3-2-4-9-16)15(20)19-14-12-13(6-5-10-17)7-11-18-14/h7,11-12H,2-4,8-10,17H2,1H3,(H,18,19,20). The molecule has 0 aliphatic heterocycles. The minimum Gasteiger partial charge on any atom is -0.320 e. The maximum atomic E-state index is 12.4. The lowest BCUT2D eigenvalue weighted by Gasteiger charge is -2.31. The van der Waals surface area contributed by atoms with Gasteiger partial charge in [0.25, 0.3) is 0 Å². The Morgan fingerprint density at radius 3 is 2.90 bits per heavy atom. The Labute approximate surface area is 120 Å². The van der Waals surface area contributed by atoms with Crippen molar-refractivity contribution in [1.29, 1.82) is 0 Å². The second kappa shape index (κ2) is 6.53. The van der Waals surface area contributed by atoms with Gasteiger partial charge in [-0.15, -0.1) is 0 Å². The summed E-state index contributed by atoms with van der Waals surface area (Å²) < 4.78 is 0. The lowest BCUT2D eigenvalue weighted by atomic mass is 9.75. The molecule has 2 rings (SSSR count). The van der Waals surface area contributed by atoms with Crippen LogP contribution in [0, 0.1) is 17.3 Å². The topological polar surface area (TPSA) is 68.0 Å². The van der Waals surface area contributed by atoms with E-state index in [0.29, 0.717) is 12.4 Å². The van der Waals surface area contributed by atoms with Crippen LogP contribution in [-0.4, -0.2) is 17.4 Å². The largest absolute Gasteiger partial charge is 0.320 e. The molecule has 1 aromatic rings. The molecule has 4 nitrogen and oxygen atoms in total. The van der Waals surface area contributed by atoms with Gasteiger partial charge in [0.15, 0.2) is 0 Å². The Morgan fingerprint density at radius 2 is 2.20 bits per heavy atom. The molecule has 0 saturated heterocycles. The van der Waals surface area contributed by atoms with E-state index in [1.54, 1.807) is 18.3 Å². The smallest absolute Gasteiger partial charge is 0.231 e. The zero-order valence-corrected chi connectivity index (χ0v) is 11.9. The summed E-state index contributed by atoms with van der Waals surface area (Å²) in [6, 6.07) is 3.59. The average Bonchev–Trinajstić information content (AvgIpc) is 2.46. The fraction of sp³-hybridized carbons (Fsp3) is 0.500. The van der Waals surface area contributed by atoms with Gasteiger partial charge >= 0.3 is 0 Å². The first-order valence-corrected chi connectivity index (χ1v) is 7.10. The summed E-state index contributed by atoms with van der Waals surface area (Å²) in [6.07, 6.45) is 7.03. The Bertz CT molecular complexity index is 536. The lowest BCUT2D eigenvalue weighted by molar-refractivity contribution is -0.126. The zero-order chi connectivity index (χ0) is 14.4. The van der Waals surface area contributed by atoms with E-state index in [1.807, 2.05) is 6.92 Å². The first-order valence-electron chi connectivity index (χ1n) is 7.10. The lowest BCUT2D eigenvalue weighted by Crippen LogP contribution is -2.35. The highest BCUT2D eigenvalue weighted by Crippen LogP contribution is 2.36. The van der Waals surface area contributed by atoms with E-state index in [1.165, 1.54) is 6.42 Å². The summed E-state index contributed by atoms with van der Waals surface area (Å²) >= 11 is 0. The van der Waals surface area contributed by atoms with Crippen LogP contribution in [0.15, 0.2) is 18.3 Å². The van der Waals surface area contributed by atoms with Crippen LogP contribution >= 0.6 is 0 Å². The van der Waals surface area contributed by atoms with Crippen molar-refractivity contribution < 1.29 is 4.79 Å². The van der Waals surface area contributed by atoms with Crippen molar-refractivity contribution in [2.75, 3.05) is 11.9 Å². The molecule has 106 valence electrons. The number of nitrogens with zero attached hydrogens (tertiary/aromatic N) is 1. The Hall–Kier alpha value is -1.86. The Balaban J connectivity index is 2.07. The maximum absolute atomic E-state index is 12.4. The second-order valence-electron chi connectivity index (χ2n) is 5.51. The minimum atomic E-state index is -0.265. The molecule has 0 radical (unpaired) electrons. The maximum Gasteiger partial charge on any atom is 0.231 e. The normalized spacial score (nSPS) is 16.9. The van der Waals surface area contributed by atoms with Crippen molar-refractivity contribution in [2.24, 2.45) is 11.1 Å². The molecule has 4 heteroatoms. The molecule has 1 aliphatic carbocycles. The van der Waals surface area contributed by atoms with E-state index in [0.717, 1.165) is 31.2 Å². The van der Waals surface area contributed by atoms with E-state index in [9.17, 15) is 4.79 Å². The molecule has 0 spiro atoms. The van der Waals surface area contributed by atoms with Gasteiger partial charge in [0.05, 0.1) is 6.54 Å². The fourth-order valence-electron chi connectivity index (χ4n) is 2.56. The van der Waals surface area contributed by atoms with Gasteiger partial charge in [-0.25, -0.2) is 4.98 Å². The molecule has 1 aromatic heterocycles. The Morgan fingerprint density at radius 1 is 1.45 bits per heavy atom. The number of carbonyl (C=O) groups excluding carboxylic acids is 1. The van der Waals surface area contributed by atoms with Gasteiger partial charge in [0, 0.05) is 17.2 Å². The fourth-order valence-corrected chi connectivity index (χ4v) is 2.56. The number of anilines is 1. The van der Waals surface area contributed by atoms with Crippen LogP contribution in [0.1, 0.15) is 44.6 Å². The predicted octanol–water partition coefficient (Wildman–Crippen LogP) is 2.30. The summed E-state index contributed by atoms with van der Waals surface area (Å²) in [5, 5.41) is 2.92. The summed E-state index contributed by atoms with van der Waals surface area (Å²) in [6.45, 7) is 2.36. The molecule has 0 atom stereocenters. The van der Waals surface area contributed by atoms with Gasteiger partial charge < -0.3 is 11.1 Å². The van der Waals surface area contributed by atoms with E-state index in [2.05, 4.69) is 22.1 Å². The number of hydrogen-bond acceptors (Lipinski definition) is 3. The van der Waals surface area contributed by atoms with E-state index in [4.69, 9.17) is 5.73 Å². The third-order valence-corrected chi connectivity index (χ3v) is 3.84. The van der Waals surface area contributed by atoms with Crippen LogP contribution in [0.2, 0.25) is 0 Å². The number of carbonyl (C=O) groups is 1. The van der Waals surface area contributed by atoms with E-state index in [-0.39, 0.29) is 11.3 Å². The van der Waals surface area contributed by atoms with Crippen molar-refractivity contribution in [3.63, 3.8) is 0 Å². The number of aromatic nitrogens is 1. The average molecular weight is 271 g/mol. The number of nitrogens with one attached hydrogen (secondary N) is 1. The van der Waals surface area contributed by atoms with Crippen LogP contribution < -0.4 is 11.1 Å². The van der Waals surface area contributed by atoms with Gasteiger partial charge in [-0.2, -0.15) is 0 Å². The van der Waals surface area contributed by atoms with Crippen molar-refractivity contribution in [3.8, 4) is 11.8 Å². The molecule has 1 amide bonds. The highest BCUT2D eigenvalue weighted by Gasteiger charge is 2.34. The first kappa shape index (κ1) is 14.5. The summed E-state index contributed by atoms with van der Waals surface area (Å²) in [7, 11) is 0. The van der Waals surface area contributed by atoms with E-state index < -0.39 is 0 Å². The molecule has 1 fully saturated rings. The highest BCUT2D eigenvalue weighted by molar-refractivity contribution is 5.94. The van der Waals surface area contributed by atoms with Gasteiger partial charge in [0.2, 0.25) is 5.91 Å². The number of pyridine rings is 1. The van der Waals surface area contributed by atoms with Crippen LogP contribution in [0.25, 0.3) is 0 Å². The number of amides is 1. The monoisotopic (exact) mass is 271 g/mol. The third kappa shape index (κ3) is 3.58. The van der Waals surface area contributed by atoms with Crippen molar-refractivity contribution >= 4 is 11.7 Å². The van der Waals surface area contributed by atoms with Gasteiger partial charge in [-0.1, -0.05) is 38.0 Å². The molecule has 1 heterocycles. The highest BCUT2D eigenvalue weighted by atomic mass is 16.2. The molecular weight excluding hydrogens is 250 g/mol.